The number of hydrogen-bond donors (Lipinski definition) is 0. The summed E-state index contributed by atoms with van der Waals surface area (Å²) < 4.78 is 5.87. The predicted molar refractivity (Wildman–Crippen MR) is 104 cm³/mol. The summed E-state index contributed by atoms with van der Waals surface area (Å²) >= 11 is 0. The number of rotatable bonds is 7. The Hall–Kier alpha value is -3.73. The van der Waals surface area contributed by atoms with Crippen LogP contribution in [0.15, 0.2) is 84.9 Å². The number of nitrogens with zero attached hydrogens (tertiary/aromatic N) is 1. The number of carbonyl (C=O) groups excluding carboxylic acids is 1. The standard InChI is InChI=1S/C22H17NO4/c24-21(18-10-13-20(14-11-18)23(25)26)15-12-19-8-4-5-9-22(19)27-16-17-6-2-1-3-7-17/h1-15H,16H2. The average molecular weight is 359 g/mol. The molecule has 5 nitrogen and oxygen atoms in total. The predicted octanol–water partition coefficient (Wildman–Crippen LogP) is 5.07. The van der Waals surface area contributed by atoms with Gasteiger partial charge in [0, 0.05) is 23.3 Å². The fourth-order valence-corrected chi connectivity index (χ4v) is 2.49. The number of ketones is 1. The highest BCUT2D eigenvalue weighted by Gasteiger charge is 2.08. The molecule has 134 valence electrons. The summed E-state index contributed by atoms with van der Waals surface area (Å²) in [6.45, 7) is 0.433. The monoisotopic (exact) mass is 359 g/mol. The van der Waals surface area contributed by atoms with E-state index in [1.165, 1.54) is 30.3 Å². The zero-order chi connectivity index (χ0) is 19.1. The van der Waals surface area contributed by atoms with Gasteiger partial charge in [-0.15, -0.1) is 0 Å². The van der Waals surface area contributed by atoms with Crippen LogP contribution in [0.25, 0.3) is 6.08 Å². The highest BCUT2D eigenvalue weighted by atomic mass is 16.6. The highest BCUT2D eigenvalue weighted by Crippen LogP contribution is 2.21. The van der Waals surface area contributed by atoms with Gasteiger partial charge in [-0.1, -0.05) is 48.5 Å². The topological polar surface area (TPSA) is 69.4 Å². The van der Waals surface area contributed by atoms with Gasteiger partial charge >= 0.3 is 0 Å². The first-order chi connectivity index (χ1) is 13.1. The van der Waals surface area contributed by atoms with E-state index in [0.717, 1.165) is 11.1 Å². The molecule has 27 heavy (non-hydrogen) atoms. The maximum atomic E-state index is 12.3. The van der Waals surface area contributed by atoms with Gasteiger partial charge in [0.2, 0.25) is 0 Å². The van der Waals surface area contributed by atoms with Crippen LogP contribution in [0.4, 0.5) is 5.69 Å². The number of nitro groups is 1. The van der Waals surface area contributed by atoms with E-state index in [9.17, 15) is 14.9 Å². The molecule has 3 aromatic rings. The Bertz CT molecular complexity index is 963. The summed E-state index contributed by atoms with van der Waals surface area (Å²) in [4.78, 5) is 22.5. The minimum Gasteiger partial charge on any atom is -0.488 e. The summed E-state index contributed by atoms with van der Waals surface area (Å²) in [7, 11) is 0. The fraction of sp³-hybridized carbons (Fsp3) is 0.0455. The first-order valence-electron chi connectivity index (χ1n) is 8.36. The zero-order valence-electron chi connectivity index (χ0n) is 14.4. The summed E-state index contributed by atoms with van der Waals surface area (Å²) in [5, 5.41) is 10.7. The molecule has 0 atom stereocenters. The van der Waals surface area contributed by atoms with Gasteiger partial charge in [-0.25, -0.2) is 0 Å². The lowest BCUT2D eigenvalue weighted by Gasteiger charge is -2.09. The van der Waals surface area contributed by atoms with Crippen molar-refractivity contribution in [1.29, 1.82) is 0 Å². The van der Waals surface area contributed by atoms with Gasteiger partial charge in [-0.05, 0) is 35.9 Å². The Labute approximate surface area is 156 Å². The SMILES string of the molecule is O=C(C=Cc1ccccc1OCc1ccccc1)c1ccc([N+](=O)[O-])cc1. The van der Waals surface area contributed by atoms with Gasteiger partial charge in [0.25, 0.3) is 5.69 Å². The van der Waals surface area contributed by atoms with Gasteiger partial charge in [0.15, 0.2) is 5.78 Å². The van der Waals surface area contributed by atoms with E-state index >= 15 is 0 Å². The molecule has 0 unspecified atom stereocenters. The summed E-state index contributed by atoms with van der Waals surface area (Å²) in [6.07, 6.45) is 3.12. The van der Waals surface area contributed by atoms with Crippen molar-refractivity contribution < 1.29 is 14.5 Å². The van der Waals surface area contributed by atoms with Crippen molar-refractivity contribution in [3.63, 3.8) is 0 Å². The zero-order valence-corrected chi connectivity index (χ0v) is 14.4. The van der Waals surface area contributed by atoms with Crippen LogP contribution in [0.2, 0.25) is 0 Å². The van der Waals surface area contributed by atoms with E-state index in [2.05, 4.69) is 0 Å². The number of non-ortho nitro benzene ring substituents is 1. The Morgan fingerprint density at radius 1 is 0.926 bits per heavy atom. The lowest BCUT2D eigenvalue weighted by molar-refractivity contribution is -0.384. The summed E-state index contributed by atoms with van der Waals surface area (Å²) in [5.74, 6) is 0.442. The second kappa shape index (κ2) is 8.58. The van der Waals surface area contributed by atoms with Crippen molar-refractivity contribution in [1.82, 2.24) is 0 Å². The molecule has 3 rings (SSSR count). The van der Waals surface area contributed by atoms with Gasteiger partial charge in [0.05, 0.1) is 4.92 Å². The van der Waals surface area contributed by atoms with Crippen molar-refractivity contribution in [2.45, 2.75) is 6.61 Å². The third-order valence-corrected chi connectivity index (χ3v) is 3.93. The quantitative estimate of drug-likeness (QED) is 0.256. The third kappa shape index (κ3) is 4.89. The molecule has 3 aromatic carbocycles. The Morgan fingerprint density at radius 2 is 1.59 bits per heavy atom. The summed E-state index contributed by atoms with van der Waals surface area (Å²) in [6, 6.07) is 22.8. The normalized spacial score (nSPS) is 10.7. The first kappa shape index (κ1) is 18.1. The highest BCUT2D eigenvalue weighted by molar-refractivity contribution is 6.07. The van der Waals surface area contributed by atoms with Crippen LogP contribution in [-0.2, 0) is 6.61 Å². The molecule has 0 saturated heterocycles. The average Bonchev–Trinajstić information content (AvgIpc) is 2.72. The van der Waals surface area contributed by atoms with Crippen molar-refractivity contribution >= 4 is 17.5 Å². The molecule has 0 saturated carbocycles. The van der Waals surface area contributed by atoms with E-state index in [1.807, 2.05) is 54.6 Å². The second-order valence-corrected chi connectivity index (χ2v) is 5.81. The smallest absolute Gasteiger partial charge is 0.269 e. The molecule has 0 aliphatic carbocycles. The van der Waals surface area contributed by atoms with Gasteiger partial charge in [0.1, 0.15) is 12.4 Å². The minimum absolute atomic E-state index is 0.0461. The molecule has 0 aliphatic heterocycles. The van der Waals surface area contributed by atoms with Crippen LogP contribution < -0.4 is 4.74 Å². The fourth-order valence-electron chi connectivity index (χ4n) is 2.49. The van der Waals surface area contributed by atoms with Crippen molar-refractivity contribution in [2.24, 2.45) is 0 Å². The number of nitro benzene ring substituents is 1. The number of benzene rings is 3. The number of para-hydroxylation sites is 1. The van der Waals surface area contributed by atoms with Gasteiger partial charge in [-0.3, -0.25) is 14.9 Å². The van der Waals surface area contributed by atoms with Crippen LogP contribution in [0.3, 0.4) is 0 Å². The van der Waals surface area contributed by atoms with Gasteiger partial charge < -0.3 is 4.74 Å². The van der Waals surface area contributed by atoms with Crippen LogP contribution in [0.5, 0.6) is 5.75 Å². The third-order valence-electron chi connectivity index (χ3n) is 3.93. The molecule has 0 bridgehead atoms. The largest absolute Gasteiger partial charge is 0.488 e. The van der Waals surface area contributed by atoms with E-state index < -0.39 is 4.92 Å². The van der Waals surface area contributed by atoms with E-state index in [4.69, 9.17) is 4.74 Å². The number of allylic oxidation sites excluding steroid dienone is 1. The van der Waals surface area contributed by atoms with E-state index in [-0.39, 0.29) is 11.5 Å². The molecule has 0 heterocycles. The number of hydrogen-bond acceptors (Lipinski definition) is 4. The lowest BCUT2D eigenvalue weighted by atomic mass is 10.1. The van der Waals surface area contributed by atoms with Crippen LogP contribution in [0, 0.1) is 10.1 Å². The Balaban J connectivity index is 1.71. The molecule has 0 aliphatic rings. The second-order valence-electron chi connectivity index (χ2n) is 5.81. The maximum Gasteiger partial charge on any atom is 0.269 e. The Kier molecular flexibility index (Phi) is 5.74. The van der Waals surface area contributed by atoms with Crippen LogP contribution in [-0.4, -0.2) is 10.7 Å². The lowest BCUT2D eigenvalue weighted by Crippen LogP contribution is -1.97. The molecule has 5 heteroatoms. The van der Waals surface area contributed by atoms with Crippen molar-refractivity contribution in [3.05, 3.63) is 112 Å². The number of carbonyl (C=O) groups is 1. The van der Waals surface area contributed by atoms with E-state index in [0.29, 0.717) is 17.9 Å². The molecule has 0 fully saturated rings. The van der Waals surface area contributed by atoms with Crippen LogP contribution in [0.1, 0.15) is 21.5 Å². The maximum absolute atomic E-state index is 12.3. The molecule has 0 radical (unpaired) electrons. The molecular formula is C22H17NO4. The molecule has 0 amide bonds. The van der Waals surface area contributed by atoms with Crippen molar-refractivity contribution in [2.75, 3.05) is 0 Å². The molecule has 0 aromatic heterocycles. The molecule has 0 N–H and O–H groups in total. The molecule has 0 spiro atoms. The van der Waals surface area contributed by atoms with Crippen molar-refractivity contribution in [3.8, 4) is 5.75 Å². The molecular weight excluding hydrogens is 342 g/mol. The minimum atomic E-state index is -0.496. The van der Waals surface area contributed by atoms with E-state index in [1.54, 1.807) is 6.08 Å². The van der Waals surface area contributed by atoms with Gasteiger partial charge in [-0.2, -0.15) is 0 Å². The number of ether oxygens (including phenoxy) is 1. The summed E-state index contributed by atoms with van der Waals surface area (Å²) in [5.41, 5.74) is 2.18. The van der Waals surface area contributed by atoms with Crippen LogP contribution >= 0.6 is 0 Å². The first-order valence-corrected chi connectivity index (χ1v) is 8.36. The Morgan fingerprint density at radius 3 is 2.30 bits per heavy atom.